The highest BCUT2D eigenvalue weighted by molar-refractivity contribution is 6.08. The number of nitrogens with two attached hydrogens (primary N) is 1. The highest BCUT2D eigenvalue weighted by Crippen LogP contribution is 2.36. The second-order valence-corrected chi connectivity index (χ2v) is 8.04. The summed E-state index contributed by atoms with van der Waals surface area (Å²) >= 11 is 0. The van der Waals surface area contributed by atoms with E-state index >= 15 is 0 Å². The number of fused-ring (bicyclic) bond motifs is 3. The largest absolute Gasteiger partial charge is 0.495 e. The summed E-state index contributed by atoms with van der Waals surface area (Å²) in [6.07, 6.45) is 5.01. The Balaban J connectivity index is 1.56. The quantitative estimate of drug-likeness (QED) is 0.700. The average molecular weight is 381 g/mol. The van der Waals surface area contributed by atoms with Crippen LogP contribution in [0.2, 0.25) is 0 Å². The lowest BCUT2D eigenvalue weighted by atomic mass is 9.85. The third-order valence-electron chi connectivity index (χ3n) is 6.08. The summed E-state index contributed by atoms with van der Waals surface area (Å²) in [6.45, 7) is 4.27. The van der Waals surface area contributed by atoms with Crippen molar-refractivity contribution in [1.29, 1.82) is 0 Å². The van der Waals surface area contributed by atoms with Gasteiger partial charge in [-0.1, -0.05) is 31.5 Å². The van der Waals surface area contributed by atoms with E-state index in [4.69, 9.17) is 9.15 Å². The Morgan fingerprint density at radius 2 is 1.96 bits per heavy atom. The Labute approximate surface area is 165 Å². The summed E-state index contributed by atoms with van der Waals surface area (Å²) in [6, 6.07) is 12.1. The number of methoxy groups -OCH3 is 1. The maximum atomic E-state index is 12.8. The Morgan fingerprint density at radius 3 is 2.75 bits per heavy atom. The fourth-order valence-electron chi connectivity index (χ4n) is 4.35. The number of carbonyl (C=O) groups is 1. The maximum Gasteiger partial charge on any atom is 0.282 e. The molecule has 1 aromatic heterocycles. The van der Waals surface area contributed by atoms with Crippen LogP contribution in [0.5, 0.6) is 5.75 Å². The number of ether oxygens (including phenoxy) is 1. The SMILES string of the molecule is COc1cc2c(cc1NC(=O)[C@H](C)[NH2+][C@@H]1CCCC[C@H]1C)oc1ccccc12. The first-order chi connectivity index (χ1) is 13.6. The van der Waals surface area contributed by atoms with Gasteiger partial charge in [-0.3, -0.25) is 4.79 Å². The molecule has 1 fully saturated rings. The first kappa shape index (κ1) is 18.8. The van der Waals surface area contributed by atoms with Gasteiger partial charge in [0.05, 0.1) is 18.8 Å². The molecule has 0 spiro atoms. The molecule has 1 aliphatic rings. The molecule has 28 heavy (non-hydrogen) atoms. The van der Waals surface area contributed by atoms with Gasteiger partial charge in [-0.05, 0) is 38.3 Å². The van der Waals surface area contributed by atoms with E-state index in [2.05, 4.69) is 17.6 Å². The standard InChI is InChI=1S/C23H28N2O3/c1-14-8-4-6-10-18(14)24-15(2)23(26)25-19-13-21-17(12-22(19)27-3)16-9-5-7-11-20(16)28-21/h5,7,9,11-15,18,24H,4,6,8,10H2,1-3H3,(H,25,26)/p+1/t14-,15+,18-/m1/s1. The monoisotopic (exact) mass is 381 g/mol. The molecule has 0 saturated heterocycles. The average Bonchev–Trinajstić information content (AvgIpc) is 3.06. The van der Waals surface area contributed by atoms with Crippen molar-refractivity contribution >= 4 is 33.5 Å². The van der Waals surface area contributed by atoms with Crippen molar-refractivity contribution in [3.8, 4) is 5.75 Å². The summed E-state index contributed by atoms with van der Waals surface area (Å²) in [5, 5.41) is 7.30. The molecular formula is C23H29N2O3+. The molecule has 3 atom stereocenters. The first-order valence-electron chi connectivity index (χ1n) is 10.2. The molecule has 1 aliphatic carbocycles. The van der Waals surface area contributed by atoms with E-state index in [9.17, 15) is 4.79 Å². The molecule has 1 amide bonds. The van der Waals surface area contributed by atoms with Gasteiger partial charge in [-0.2, -0.15) is 0 Å². The van der Waals surface area contributed by atoms with Crippen LogP contribution in [0.4, 0.5) is 5.69 Å². The van der Waals surface area contributed by atoms with Crippen molar-refractivity contribution in [3.63, 3.8) is 0 Å². The number of amides is 1. The van der Waals surface area contributed by atoms with Gasteiger partial charge in [-0.25, -0.2) is 0 Å². The molecule has 5 heteroatoms. The normalized spacial score (nSPS) is 21.0. The van der Waals surface area contributed by atoms with Crippen LogP contribution in [0.15, 0.2) is 40.8 Å². The zero-order valence-electron chi connectivity index (χ0n) is 16.8. The second kappa shape index (κ2) is 7.84. The summed E-state index contributed by atoms with van der Waals surface area (Å²) < 4.78 is 11.5. The van der Waals surface area contributed by atoms with Crippen LogP contribution in [-0.4, -0.2) is 25.1 Å². The highest BCUT2D eigenvalue weighted by Gasteiger charge is 2.29. The minimum Gasteiger partial charge on any atom is -0.495 e. The topological polar surface area (TPSA) is 68.1 Å². The van der Waals surface area contributed by atoms with Gasteiger partial charge in [-0.15, -0.1) is 0 Å². The predicted octanol–water partition coefficient (Wildman–Crippen LogP) is 4.06. The van der Waals surface area contributed by atoms with E-state index in [1.165, 1.54) is 25.7 Å². The number of furan rings is 1. The minimum atomic E-state index is -0.151. The number of anilines is 1. The third kappa shape index (κ3) is 3.59. The van der Waals surface area contributed by atoms with Crippen LogP contribution in [-0.2, 0) is 4.79 Å². The van der Waals surface area contributed by atoms with Crippen molar-refractivity contribution < 1.29 is 19.3 Å². The molecule has 3 N–H and O–H groups in total. The van der Waals surface area contributed by atoms with Crippen LogP contribution >= 0.6 is 0 Å². The molecule has 2 aromatic carbocycles. The smallest absolute Gasteiger partial charge is 0.282 e. The van der Waals surface area contributed by atoms with Gasteiger partial charge in [0, 0.05) is 22.8 Å². The van der Waals surface area contributed by atoms with E-state index in [0.29, 0.717) is 23.4 Å². The summed E-state index contributed by atoms with van der Waals surface area (Å²) in [4.78, 5) is 12.8. The summed E-state index contributed by atoms with van der Waals surface area (Å²) in [5.74, 6) is 1.29. The number of nitrogens with one attached hydrogen (secondary N) is 1. The second-order valence-electron chi connectivity index (χ2n) is 8.04. The Bertz CT molecular complexity index is 994. The van der Waals surface area contributed by atoms with E-state index in [0.717, 1.165) is 21.9 Å². The number of carbonyl (C=O) groups excluding carboxylic acids is 1. The van der Waals surface area contributed by atoms with Gasteiger partial charge < -0.3 is 19.8 Å². The van der Waals surface area contributed by atoms with Crippen molar-refractivity contribution in [2.45, 2.75) is 51.6 Å². The zero-order chi connectivity index (χ0) is 19.7. The molecule has 4 rings (SSSR count). The van der Waals surface area contributed by atoms with Crippen molar-refractivity contribution in [2.75, 3.05) is 12.4 Å². The van der Waals surface area contributed by atoms with Crippen LogP contribution < -0.4 is 15.4 Å². The highest BCUT2D eigenvalue weighted by atomic mass is 16.5. The number of para-hydroxylation sites is 1. The predicted molar refractivity (Wildman–Crippen MR) is 112 cm³/mol. The molecule has 3 aromatic rings. The van der Waals surface area contributed by atoms with Crippen molar-refractivity contribution in [1.82, 2.24) is 0 Å². The van der Waals surface area contributed by atoms with Crippen LogP contribution in [0.1, 0.15) is 39.5 Å². The van der Waals surface area contributed by atoms with Crippen molar-refractivity contribution in [2.24, 2.45) is 5.92 Å². The molecular weight excluding hydrogens is 352 g/mol. The van der Waals surface area contributed by atoms with Crippen LogP contribution in [0.25, 0.3) is 21.9 Å². The lowest BCUT2D eigenvalue weighted by Crippen LogP contribution is -2.97. The summed E-state index contributed by atoms with van der Waals surface area (Å²) in [5.41, 5.74) is 2.22. The lowest BCUT2D eigenvalue weighted by molar-refractivity contribution is -0.714. The van der Waals surface area contributed by atoms with Crippen molar-refractivity contribution in [3.05, 3.63) is 36.4 Å². The molecule has 0 bridgehead atoms. The molecule has 1 heterocycles. The van der Waals surface area contributed by atoms with Crippen LogP contribution in [0.3, 0.4) is 0 Å². The summed E-state index contributed by atoms with van der Waals surface area (Å²) in [7, 11) is 1.62. The molecule has 5 nitrogen and oxygen atoms in total. The zero-order valence-corrected chi connectivity index (χ0v) is 16.8. The number of benzene rings is 2. The molecule has 0 aliphatic heterocycles. The third-order valence-corrected chi connectivity index (χ3v) is 6.08. The van der Waals surface area contributed by atoms with Gasteiger partial charge in [0.25, 0.3) is 5.91 Å². The van der Waals surface area contributed by atoms with Gasteiger partial charge in [0.2, 0.25) is 0 Å². The maximum absolute atomic E-state index is 12.8. The minimum absolute atomic E-state index is 0.00784. The lowest BCUT2D eigenvalue weighted by Gasteiger charge is -2.28. The van der Waals surface area contributed by atoms with E-state index in [-0.39, 0.29) is 11.9 Å². The number of quaternary nitrogens is 1. The first-order valence-corrected chi connectivity index (χ1v) is 10.2. The molecule has 1 saturated carbocycles. The molecule has 148 valence electrons. The number of hydrogen-bond acceptors (Lipinski definition) is 3. The number of rotatable bonds is 5. The fraction of sp³-hybridized carbons (Fsp3) is 0.435. The fourth-order valence-corrected chi connectivity index (χ4v) is 4.35. The van der Waals surface area contributed by atoms with E-state index in [1.54, 1.807) is 7.11 Å². The molecule has 0 unspecified atom stereocenters. The van der Waals surface area contributed by atoms with Gasteiger partial charge >= 0.3 is 0 Å². The molecule has 0 radical (unpaired) electrons. The Kier molecular flexibility index (Phi) is 5.27. The van der Waals surface area contributed by atoms with E-state index in [1.807, 2.05) is 43.3 Å². The van der Waals surface area contributed by atoms with E-state index < -0.39 is 0 Å². The van der Waals surface area contributed by atoms with Crippen LogP contribution in [0, 0.1) is 5.92 Å². The van der Waals surface area contributed by atoms with Gasteiger partial charge in [0.1, 0.15) is 16.9 Å². The Morgan fingerprint density at radius 1 is 1.18 bits per heavy atom. The van der Waals surface area contributed by atoms with Gasteiger partial charge in [0.15, 0.2) is 6.04 Å². The Hall–Kier alpha value is -2.53. The number of hydrogen-bond donors (Lipinski definition) is 2.